The van der Waals surface area contributed by atoms with Gasteiger partial charge in [-0.2, -0.15) is 0 Å². The summed E-state index contributed by atoms with van der Waals surface area (Å²) >= 11 is 0. The number of aromatic nitrogens is 2. The van der Waals surface area contributed by atoms with Crippen molar-refractivity contribution >= 4 is 115 Å². The van der Waals surface area contributed by atoms with Crippen LogP contribution in [0.3, 0.4) is 0 Å². The fraction of sp³-hybridized carbons (Fsp3) is 0.138. The Kier molecular flexibility index (Phi) is 6.72. The predicted octanol–water partition coefficient (Wildman–Crippen LogP) is 16.4. The summed E-state index contributed by atoms with van der Waals surface area (Å²) in [6, 6.07) is 61.8. The van der Waals surface area contributed by atoms with Crippen LogP contribution in [0.25, 0.3) is 97.7 Å². The normalized spacial score (nSPS) is 13.1. The maximum Gasteiger partial charge on any atom is 0.0783 e. The lowest BCUT2D eigenvalue weighted by atomic mass is 9.85. The highest BCUT2D eigenvalue weighted by atomic mass is 15.2. The molecule has 0 fully saturated rings. The average Bonchev–Trinajstić information content (AvgIpc) is 3.98. The number of hydrogen-bond acceptors (Lipinski definition) is 1. The third kappa shape index (κ3) is 4.64. The Morgan fingerprint density at radius 3 is 1.49 bits per heavy atom. The summed E-state index contributed by atoms with van der Waals surface area (Å²) in [5.74, 6) is 0. The molecule has 4 aromatic heterocycles. The van der Waals surface area contributed by atoms with Crippen molar-refractivity contribution in [2.75, 3.05) is 4.90 Å². The molecule has 9 aromatic carbocycles. The highest BCUT2D eigenvalue weighted by molar-refractivity contribution is 6.35. The number of hydrogen-bond donors (Lipinski definition) is 0. The quantitative estimate of drug-likeness (QED) is 0.174. The first-order valence-electron chi connectivity index (χ1n) is 21.7. The van der Waals surface area contributed by atoms with Crippen molar-refractivity contribution in [3.05, 3.63) is 175 Å². The molecule has 0 aliphatic rings. The Hall–Kier alpha value is -7.10. The maximum atomic E-state index is 2.63. The zero-order valence-electron chi connectivity index (χ0n) is 35.4. The molecule has 0 spiro atoms. The number of nitrogens with zero attached hydrogens (tertiary/aromatic N) is 3. The smallest absolute Gasteiger partial charge is 0.0783 e. The number of anilines is 3. The van der Waals surface area contributed by atoms with Crippen LogP contribution in [-0.4, -0.2) is 8.80 Å². The lowest BCUT2D eigenvalue weighted by molar-refractivity contribution is 0.591. The van der Waals surface area contributed by atoms with Gasteiger partial charge in [-0.25, -0.2) is 0 Å². The number of rotatable bonds is 3. The first kappa shape index (κ1) is 34.7. The molecule has 292 valence electrons. The van der Waals surface area contributed by atoms with Crippen LogP contribution < -0.4 is 4.90 Å². The Morgan fingerprint density at radius 2 is 0.852 bits per heavy atom. The van der Waals surface area contributed by atoms with Crippen molar-refractivity contribution in [3.8, 4) is 0 Å². The monoisotopic (exact) mass is 783 g/mol. The van der Waals surface area contributed by atoms with Gasteiger partial charge in [0.2, 0.25) is 0 Å². The minimum atomic E-state index is -0.0856. The van der Waals surface area contributed by atoms with Gasteiger partial charge in [0.1, 0.15) is 0 Å². The largest absolute Gasteiger partial charge is 0.308 e. The second-order valence-corrected chi connectivity index (χ2v) is 19.4. The van der Waals surface area contributed by atoms with Crippen LogP contribution in [0.2, 0.25) is 0 Å². The van der Waals surface area contributed by atoms with Crippen molar-refractivity contribution in [2.24, 2.45) is 0 Å². The van der Waals surface area contributed by atoms with Crippen LogP contribution in [0.5, 0.6) is 0 Å². The Morgan fingerprint density at radius 1 is 0.344 bits per heavy atom. The minimum absolute atomic E-state index is 0.0275. The van der Waals surface area contributed by atoms with Gasteiger partial charge in [-0.15, -0.1) is 0 Å². The molecule has 13 rings (SSSR count). The van der Waals surface area contributed by atoms with Gasteiger partial charge in [-0.05, 0) is 116 Å². The number of fused-ring (bicyclic) bond motifs is 16. The molecule has 4 heterocycles. The molecule has 0 saturated heterocycles. The Bertz CT molecular complexity index is 3890. The van der Waals surface area contributed by atoms with E-state index in [-0.39, 0.29) is 10.8 Å². The van der Waals surface area contributed by atoms with Crippen molar-refractivity contribution in [1.82, 2.24) is 8.80 Å². The van der Waals surface area contributed by atoms with Crippen molar-refractivity contribution < 1.29 is 0 Å². The van der Waals surface area contributed by atoms with E-state index in [0.29, 0.717) is 0 Å². The second kappa shape index (κ2) is 11.8. The molecule has 0 aliphatic heterocycles. The van der Waals surface area contributed by atoms with Gasteiger partial charge in [0.25, 0.3) is 0 Å². The van der Waals surface area contributed by atoms with E-state index in [0.717, 1.165) is 11.4 Å². The van der Waals surface area contributed by atoms with E-state index in [2.05, 4.69) is 219 Å². The third-order valence-corrected chi connectivity index (χ3v) is 13.8. The fourth-order valence-electron chi connectivity index (χ4n) is 10.8. The summed E-state index contributed by atoms with van der Waals surface area (Å²) in [4.78, 5) is 2.48. The average molecular weight is 784 g/mol. The van der Waals surface area contributed by atoms with Crippen LogP contribution in [-0.2, 0) is 10.8 Å². The molecule has 13 aromatic rings. The highest BCUT2D eigenvalue weighted by Crippen LogP contribution is 2.51. The minimum Gasteiger partial charge on any atom is -0.308 e. The SMILES string of the molecule is CC(C)(C)c1cc(N(c2ccccc2)c2ccccc2)c2c(c1)c1c3ccccc3cc3c4cc5c(cc4n2c31)c1cc(C(C)(C)C)cc2c3c4ccccc4ccc3n5c12. The van der Waals surface area contributed by atoms with Crippen LogP contribution >= 0.6 is 0 Å². The first-order valence-corrected chi connectivity index (χ1v) is 21.7. The van der Waals surface area contributed by atoms with E-state index in [1.54, 1.807) is 0 Å². The molecular formula is C58H45N3. The standard InChI is InChI=1S/C58H45N3/c1-57(2,3)36-28-45-43-33-50-42(32-49(43)60-48-26-25-34-17-13-15-23-40(34)52(48)46(29-36)54(45)60)44-27-35-18-14-16-24-41(35)53-47-30-37(58(4,5)6)31-51(55(47)61(50)56(44)53)59(38-19-9-7-10-20-38)39-21-11-8-12-22-39/h7-33H,1-6H3. The molecule has 0 bridgehead atoms. The van der Waals surface area contributed by atoms with Gasteiger partial charge in [0.05, 0.1) is 38.8 Å². The highest BCUT2D eigenvalue weighted by Gasteiger charge is 2.30. The molecule has 0 unspecified atom stereocenters. The molecular weight excluding hydrogens is 739 g/mol. The number of para-hydroxylation sites is 2. The van der Waals surface area contributed by atoms with Crippen LogP contribution in [0.4, 0.5) is 17.1 Å². The lowest BCUT2D eigenvalue weighted by Gasteiger charge is -2.29. The molecule has 0 saturated carbocycles. The van der Waals surface area contributed by atoms with Gasteiger partial charge >= 0.3 is 0 Å². The van der Waals surface area contributed by atoms with E-state index < -0.39 is 0 Å². The molecule has 3 nitrogen and oxygen atoms in total. The topological polar surface area (TPSA) is 12.1 Å². The molecule has 0 N–H and O–H groups in total. The fourth-order valence-corrected chi connectivity index (χ4v) is 10.8. The molecule has 0 aliphatic carbocycles. The van der Waals surface area contributed by atoms with E-state index in [1.807, 2.05) is 0 Å². The summed E-state index contributed by atoms with van der Waals surface area (Å²) in [7, 11) is 0. The Labute approximate surface area is 354 Å². The van der Waals surface area contributed by atoms with E-state index >= 15 is 0 Å². The van der Waals surface area contributed by atoms with Crippen molar-refractivity contribution in [1.29, 1.82) is 0 Å². The van der Waals surface area contributed by atoms with Gasteiger partial charge in [-0.1, -0.05) is 133 Å². The van der Waals surface area contributed by atoms with Crippen LogP contribution in [0.1, 0.15) is 52.7 Å². The summed E-state index contributed by atoms with van der Waals surface area (Å²) in [5.41, 5.74) is 13.6. The Balaban J connectivity index is 1.27. The predicted molar refractivity (Wildman–Crippen MR) is 263 cm³/mol. The van der Waals surface area contributed by atoms with Crippen molar-refractivity contribution in [2.45, 2.75) is 52.4 Å². The molecule has 61 heavy (non-hydrogen) atoms. The molecule has 0 amide bonds. The van der Waals surface area contributed by atoms with Gasteiger partial charge in [-0.3, -0.25) is 0 Å². The molecule has 3 heteroatoms. The van der Waals surface area contributed by atoms with Crippen molar-refractivity contribution in [3.63, 3.8) is 0 Å². The van der Waals surface area contributed by atoms with Crippen LogP contribution in [0.15, 0.2) is 164 Å². The zero-order valence-corrected chi connectivity index (χ0v) is 35.4. The molecule has 0 atom stereocenters. The van der Waals surface area contributed by atoms with Crippen LogP contribution in [0, 0.1) is 0 Å². The first-order chi connectivity index (χ1) is 29.5. The summed E-state index contributed by atoms with van der Waals surface area (Å²) in [6.45, 7) is 14.1. The summed E-state index contributed by atoms with van der Waals surface area (Å²) in [6.07, 6.45) is 0. The summed E-state index contributed by atoms with van der Waals surface area (Å²) < 4.78 is 5.21. The third-order valence-electron chi connectivity index (χ3n) is 13.8. The van der Waals surface area contributed by atoms with E-state index in [9.17, 15) is 0 Å². The lowest BCUT2D eigenvalue weighted by Crippen LogP contribution is -2.15. The molecule has 0 radical (unpaired) electrons. The number of benzene rings is 9. The zero-order chi connectivity index (χ0) is 41.1. The maximum absolute atomic E-state index is 2.63. The summed E-state index contributed by atoms with van der Waals surface area (Å²) in [5, 5.41) is 15.6. The van der Waals surface area contributed by atoms with Gasteiger partial charge in [0, 0.05) is 54.5 Å². The van der Waals surface area contributed by atoms with E-state index in [1.165, 1.54) is 115 Å². The van der Waals surface area contributed by atoms with E-state index in [4.69, 9.17) is 0 Å². The van der Waals surface area contributed by atoms with Gasteiger partial charge < -0.3 is 13.7 Å². The second-order valence-electron chi connectivity index (χ2n) is 19.4. The van der Waals surface area contributed by atoms with Gasteiger partial charge in [0.15, 0.2) is 0 Å².